The van der Waals surface area contributed by atoms with E-state index in [2.05, 4.69) is 25.9 Å². The number of ether oxygens (including phenoxy) is 2. The van der Waals surface area contributed by atoms with Crippen LogP contribution in [0.2, 0.25) is 0 Å². The Kier molecular flexibility index (Phi) is 6.53. The summed E-state index contributed by atoms with van der Waals surface area (Å²) >= 11 is 0. The molecule has 0 unspecified atom stereocenters. The zero-order chi connectivity index (χ0) is 21.0. The van der Waals surface area contributed by atoms with E-state index in [1.54, 1.807) is 20.2 Å². The van der Waals surface area contributed by atoms with E-state index in [1.165, 1.54) is 4.68 Å². The Bertz CT molecular complexity index is 853. The van der Waals surface area contributed by atoms with Gasteiger partial charge in [-0.15, -0.1) is 0 Å². The molecule has 0 radical (unpaired) electrons. The highest BCUT2D eigenvalue weighted by molar-refractivity contribution is 6.02. The van der Waals surface area contributed by atoms with Gasteiger partial charge in [-0.2, -0.15) is 10.2 Å². The van der Waals surface area contributed by atoms with Gasteiger partial charge in [-0.3, -0.25) is 14.6 Å². The van der Waals surface area contributed by atoms with Crippen molar-refractivity contribution in [3.63, 3.8) is 0 Å². The first-order valence-corrected chi connectivity index (χ1v) is 9.67. The number of amides is 2. The number of carbonyl (C=O) groups is 2. The highest BCUT2D eigenvalue weighted by atomic mass is 16.5. The lowest BCUT2D eigenvalue weighted by Gasteiger charge is -2.34. The van der Waals surface area contributed by atoms with Gasteiger partial charge < -0.3 is 20.1 Å². The lowest BCUT2D eigenvalue weighted by Crippen LogP contribution is -2.34. The molecule has 10 nitrogen and oxygen atoms in total. The number of aryl methyl sites for hydroxylation is 1. The molecule has 2 aromatic rings. The van der Waals surface area contributed by atoms with E-state index in [0.717, 1.165) is 18.5 Å². The summed E-state index contributed by atoms with van der Waals surface area (Å²) in [6.07, 6.45) is 1.44. The van der Waals surface area contributed by atoms with Crippen LogP contribution in [0, 0.1) is 5.92 Å². The van der Waals surface area contributed by atoms with Gasteiger partial charge >= 0.3 is 6.09 Å². The van der Waals surface area contributed by atoms with Crippen LogP contribution in [0.1, 0.15) is 54.5 Å². The molecule has 1 aliphatic rings. The number of nitrogens with zero attached hydrogens (tertiary/aromatic N) is 3. The third kappa shape index (κ3) is 5.35. The van der Waals surface area contributed by atoms with E-state index in [-0.39, 0.29) is 18.0 Å². The van der Waals surface area contributed by atoms with Crippen molar-refractivity contribution in [3.8, 4) is 0 Å². The molecule has 2 heterocycles. The molecular formula is C19H28N6O4. The second-order valence-electron chi connectivity index (χ2n) is 7.67. The first-order valence-electron chi connectivity index (χ1n) is 9.67. The number of anilines is 1. The fourth-order valence-electron chi connectivity index (χ4n) is 3.34. The number of methoxy groups -OCH3 is 1. The highest BCUT2D eigenvalue weighted by Crippen LogP contribution is 2.41. The van der Waals surface area contributed by atoms with Crippen molar-refractivity contribution >= 4 is 17.8 Å². The molecule has 1 aliphatic carbocycles. The van der Waals surface area contributed by atoms with Crippen LogP contribution in [0.5, 0.6) is 0 Å². The summed E-state index contributed by atoms with van der Waals surface area (Å²) in [5.41, 5.74) is 2.09. The smallest absolute Gasteiger partial charge is 0.407 e. The molecule has 2 amide bonds. The van der Waals surface area contributed by atoms with E-state index >= 15 is 0 Å². The first-order chi connectivity index (χ1) is 13.9. The van der Waals surface area contributed by atoms with Gasteiger partial charge in [0.1, 0.15) is 5.69 Å². The molecule has 0 aromatic carbocycles. The number of alkyl carbamates (subject to hydrolysis) is 1. The number of hydrogen-bond acceptors (Lipinski definition) is 6. The summed E-state index contributed by atoms with van der Waals surface area (Å²) in [5.74, 6) is 0.847. The lowest BCUT2D eigenvalue weighted by molar-refractivity contribution is 0.0924. The third-order valence-electron chi connectivity index (χ3n) is 4.83. The van der Waals surface area contributed by atoms with Crippen LogP contribution in [-0.4, -0.2) is 51.7 Å². The van der Waals surface area contributed by atoms with Crippen molar-refractivity contribution in [1.29, 1.82) is 0 Å². The predicted molar refractivity (Wildman–Crippen MR) is 106 cm³/mol. The van der Waals surface area contributed by atoms with Crippen LogP contribution in [0.25, 0.3) is 0 Å². The summed E-state index contributed by atoms with van der Waals surface area (Å²) in [4.78, 5) is 24.0. The fraction of sp³-hybridized carbons (Fsp3) is 0.579. The quantitative estimate of drug-likeness (QED) is 0.620. The Morgan fingerprint density at radius 3 is 2.79 bits per heavy atom. The Labute approximate surface area is 169 Å². The minimum Gasteiger partial charge on any atom is -0.449 e. The van der Waals surface area contributed by atoms with Gasteiger partial charge in [0.25, 0.3) is 5.91 Å². The third-order valence-corrected chi connectivity index (χ3v) is 4.83. The minimum absolute atomic E-state index is 0.0631. The van der Waals surface area contributed by atoms with Crippen molar-refractivity contribution in [2.45, 2.75) is 45.3 Å². The molecular weight excluding hydrogens is 376 g/mol. The van der Waals surface area contributed by atoms with Crippen LogP contribution in [0.15, 0.2) is 12.1 Å². The lowest BCUT2D eigenvalue weighted by atomic mass is 9.74. The number of aromatic nitrogens is 4. The number of H-pyrrole nitrogens is 1. The van der Waals surface area contributed by atoms with Gasteiger partial charge in [0.2, 0.25) is 0 Å². The van der Waals surface area contributed by atoms with Crippen LogP contribution in [0.4, 0.5) is 10.6 Å². The second kappa shape index (κ2) is 9.08. The first kappa shape index (κ1) is 20.8. The maximum atomic E-state index is 12.5. The van der Waals surface area contributed by atoms with Crippen molar-refractivity contribution < 1.29 is 19.1 Å². The predicted octanol–water partition coefficient (Wildman–Crippen LogP) is 2.17. The van der Waals surface area contributed by atoms with Crippen molar-refractivity contribution in [2.24, 2.45) is 13.0 Å². The standard InChI is InChI=1S/C19H28N6O4/c1-11(2)20-19(27)29-9-12-5-13(6-12)15-8-17(23-22-15)21-18(26)16-7-14(10-28-4)24-25(16)3/h7-8,11-13H,5-6,9-10H2,1-4H3,(H,20,27)(H2,21,22,23,26). The largest absolute Gasteiger partial charge is 0.449 e. The molecule has 3 rings (SSSR count). The molecule has 0 saturated heterocycles. The highest BCUT2D eigenvalue weighted by Gasteiger charge is 2.32. The molecule has 2 aromatic heterocycles. The molecule has 0 spiro atoms. The zero-order valence-electron chi connectivity index (χ0n) is 17.2. The zero-order valence-corrected chi connectivity index (χ0v) is 17.2. The maximum absolute atomic E-state index is 12.5. The molecule has 0 bridgehead atoms. The van der Waals surface area contributed by atoms with E-state index in [0.29, 0.717) is 42.3 Å². The van der Waals surface area contributed by atoms with Crippen molar-refractivity contribution in [3.05, 3.63) is 29.2 Å². The normalized spacial score (nSPS) is 18.4. The monoisotopic (exact) mass is 404 g/mol. The molecule has 158 valence electrons. The number of aromatic amines is 1. The average Bonchev–Trinajstić information content (AvgIpc) is 3.20. The van der Waals surface area contributed by atoms with E-state index < -0.39 is 0 Å². The summed E-state index contributed by atoms with van der Waals surface area (Å²) < 4.78 is 11.8. The van der Waals surface area contributed by atoms with Gasteiger partial charge in [0.15, 0.2) is 5.82 Å². The summed E-state index contributed by atoms with van der Waals surface area (Å²) in [6.45, 7) is 4.54. The van der Waals surface area contributed by atoms with E-state index in [9.17, 15) is 9.59 Å². The molecule has 29 heavy (non-hydrogen) atoms. The fourth-order valence-corrected chi connectivity index (χ4v) is 3.34. The SMILES string of the molecule is COCc1cc(C(=O)Nc2cc(C3CC(COC(=O)NC(C)C)C3)[nH]n2)n(C)n1. The van der Waals surface area contributed by atoms with Gasteiger partial charge in [0, 0.05) is 37.9 Å². The number of hydrogen-bond donors (Lipinski definition) is 3. The minimum atomic E-state index is -0.376. The Morgan fingerprint density at radius 1 is 1.34 bits per heavy atom. The van der Waals surface area contributed by atoms with Crippen LogP contribution >= 0.6 is 0 Å². The maximum Gasteiger partial charge on any atom is 0.407 e. The van der Waals surface area contributed by atoms with Crippen molar-refractivity contribution in [2.75, 3.05) is 19.0 Å². The molecule has 3 N–H and O–H groups in total. The van der Waals surface area contributed by atoms with Crippen LogP contribution in [0.3, 0.4) is 0 Å². The van der Waals surface area contributed by atoms with Gasteiger partial charge in [-0.1, -0.05) is 0 Å². The van der Waals surface area contributed by atoms with Crippen LogP contribution < -0.4 is 10.6 Å². The van der Waals surface area contributed by atoms with Gasteiger partial charge in [0.05, 0.1) is 18.9 Å². The molecule has 1 saturated carbocycles. The Balaban J connectivity index is 1.47. The van der Waals surface area contributed by atoms with E-state index in [1.807, 2.05) is 19.9 Å². The molecule has 0 atom stereocenters. The summed E-state index contributed by atoms with van der Waals surface area (Å²) in [7, 11) is 3.29. The Morgan fingerprint density at radius 2 is 2.10 bits per heavy atom. The van der Waals surface area contributed by atoms with E-state index in [4.69, 9.17) is 9.47 Å². The van der Waals surface area contributed by atoms with Crippen LogP contribution in [-0.2, 0) is 23.1 Å². The molecule has 0 aliphatic heterocycles. The summed E-state index contributed by atoms with van der Waals surface area (Å²) in [6, 6.07) is 3.60. The van der Waals surface area contributed by atoms with Crippen molar-refractivity contribution in [1.82, 2.24) is 25.3 Å². The van der Waals surface area contributed by atoms with Gasteiger partial charge in [-0.05, 0) is 38.7 Å². The molecule has 1 fully saturated rings. The second-order valence-corrected chi connectivity index (χ2v) is 7.67. The number of carbonyl (C=O) groups excluding carboxylic acids is 2. The number of nitrogens with one attached hydrogen (secondary N) is 3. The Hall–Kier alpha value is -2.88. The average molecular weight is 404 g/mol. The van der Waals surface area contributed by atoms with Gasteiger partial charge in [-0.25, -0.2) is 4.79 Å². The molecule has 10 heteroatoms. The summed E-state index contributed by atoms with van der Waals surface area (Å²) in [5, 5.41) is 16.9. The number of rotatable bonds is 8. The topological polar surface area (TPSA) is 123 Å².